The van der Waals surface area contributed by atoms with Crippen molar-refractivity contribution in [1.29, 1.82) is 0 Å². The second kappa shape index (κ2) is 9.71. The lowest BCUT2D eigenvalue weighted by atomic mass is 9.72. The number of fused-ring (bicyclic) bond motifs is 1. The van der Waals surface area contributed by atoms with Gasteiger partial charge in [0.15, 0.2) is 0 Å². The van der Waals surface area contributed by atoms with E-state index in [0.717, 1.165) is 40.4 Å². The molecule has 0 spiro atoms. The number of hydrogen-bond donors (Lipinski definition) is 3. The number of hydrogen-bond acceptors (Lipinski definition) is 5. The van der Waals surface area contributed by atoms with Gasteiger partial charge in [-0.25, -0.2) is 8.42 Å². The number of rotatable bonds is 8. The molecule has 1 unspecified atom stereocenters. The van der Waals surface area contributed by atoms with E-state index in [-0.39, 0.29) is 10.8 Å². The fourth-order valence-electron chi connectivity index (χ4n) is 5.38. The number of benzene rings is 2. The summed E-state index contributed by atoms with van der Waals surface area (Å²) in [5, 5.41) is 6.12. The van der Waals surface area contributed by atoms with Gasteiger partial charge in [0.2, 0.25) is 11.8 Å². The Bertz CT molecular complexity index is 1300. The smallest absolute Gasteiger partial charge is 0.264 e. The molecule has 3 aliphatic rings. The molecule has 1 saturated carbocycles. The lowest BCUT2D eigenvalue weighted by Crippen LogP contribution is -2.57. The van der Waals surface area contributed by atoms with Gasteiger partial charge in [-0.3, -0.25) is 13.9 Å². The summed E-state index contributed by atoms with van der Waals surface area (Å²) >= 11 is 0. The second-order valence-electron chi connectivity index (χ2n) is 10.0. The quantitative estimate of drug-likeness (QED) is 0.506. The maximum atomic E-state index is 13.6. The van der Waals surface area contributed by atoms with Crippen LogP contribution in [0.3, 0.4) is 0 Å². The zero-order valence-electron chi connectivity index (χ0n) is 20.3. The Morgan fingerprint density at radius 1 is 1.17 bits per heavy atom. The molecule has 1 heterocycles. The molecule has 190 valence electrons. The third-order valence-corrected chi connectivity index (χ3v) is 9.20. The SMILES string of the molecule is Cc1ccc(S(=O)(=O)N2C=CNC(=O)[C@H]2C(C(N)=O)[C@H]2CCCc3cc(CNC4CC4)ccc32)cc1. The van der Waals surface area contributed by atoms with Crippen LogP contribution in [-0.4, -0.2) is 36.6 Å². The fraction of sp³-hybridized carbons (Fsp3) is 0.407. The van der Waals surface area contributed by atoms with Gasteiger partial charge in [-0.1, -0.05) is 35.9 Å². The minimum atomic E-state index is -4.10. The predicted molar refractivity (Wildman–Crippen MR) is 136 cm³/mol. The number of aryl methyl sites for hydroxylation is 2. The van der Waals surface area contributed by atoms with E-state index in [1.165, 1.54) is 42.9 Å². The molecular formula is C27H32N4O4S. The molecule has 0 aromatic heterocycles. The topological polar surface area (TPSA) is 122 Å². The van der Waals surface area contributed by atoms with Gasteiger partial charge >= 0.3 is 0 Å². The Morgan fingerprint density at radius 2 is 1.92 bits per heavy atom. The molecule has 36 heavy (non-hydrogen) atoms. The van der Waals surface area contributed by atoms with Crippen LogP contribution in [0.2, 0.25) is 0 Å². The van der Waals surface area contributed by atoms with Crippen molar-refractivity contribution in [3.05, 3.63) is 77.1 Å². The standard InChI is InChI=1S/C27H32N4O4S/c1-17-5-10-21(11-6-17)36(34,35)31-14-13-29-27(33)25(31)24(26(28)32)23-4-2-3-19-15-18(7-12-22(19)23)16-30-20-8-9-20/h5-7,10-15,20,23-25,30H,2-4,8-9,16H2,1H3,(H2,28,32)(H,29,33)/t23-,24?,25+/m0/s1. The first-order chi connectivity index (χ1) is 17.3. The Labute approximate surface area is 212 Å². The molecule has 1 fully saturated rings. The molecule has 5 rings (SSSR count). The normalized spacial score (nSPS) is 22.6. The van der Waals surface area contributed by atoms with Crippen molar-refractivity contribution in [2.45, 2.75) is 68.5 Å². The summed E-state index contributed by atoms with van der Waals surface area (Å²) in [6.07, 6.45) is 7.38. The molecule has 2 aliphatic carbocycles. The number of nitrogens with two attached hydrogens (primary N) is 1. The lowest BCUT2D eigenvalue weighted by Gasteiger charge is -2.40. The third kappa shape index (κ3) is 4.77. The van der Waals surface area contributed by atoms with E-state index in [1.54, 1.807) is 12.1 Å². The Hall–Kier alpha value is -3.17. The zero-order valence-corrected chi connectivity index (χ0v) is 21.1. The van der Waals surface area contributed by atoms with E-state index in [4.69, 9.17) is 5.73 Å². The highest BCUT2D eigenvalue weighted by atomic mass is 32.2. The van der Waals surface area contributed by atoms with E-state index in [0.29, 0.717) is 12.5 Å². The van der Waals surface area contributed by atoms with Crippen LogP contribution in [0.15, 0.2) is 59.8 Å². The number of carbonyl (C=O) groups is 2. The summed E-state index contributed by atoms with van der Waals surface area (Å²) in [6, 6.07) is 12.0. The number of nitrogens with one attached hydrogen (secondary N) is 2. The minimum absolute atomic E-state index is 0.0533. The van der Waals surface area contributed by atoms with Crippen LogP contribution >= 0.6 is 0 Å². The van der Waals surface area contributed by atoms with Crippen LogP contribution in [0, 0.1) is 12.8 Å². The number of sulfonamides is 1. The first kappa shape index (κ1) is 24.5. The van der Waals surface area contributed by atoms with Crippen molar-refractivity contribution in [2.75, 3.05) is 0 Å². The predicted octanol–water partition coefficient (Wildman–Crippen LogP) is 2.43. The fourth-order valence-corrected chi connectivity index (χ4v) is 6.85. The first-order valence-electron chi connectivity index (χ1n) is 12.5. The van der Waals surface area contributed by atoms with E-state index < -0.39 is 33.8 Å². The van der Waals surface area contributed by atoms with Gasteiger partial charge in [-0.15, -0.1) is 0 Å². The molecular weight excluding hydrogens is 476 g/mol. The van der Waals surface area contributed by atoms with Gasteiger partial charge in [0.25, 0.3) is 10.0 Å². The zero-order chi connectivity index (χ0) is 25.4. The van der Waals surface area contributed by atoms with Crippen LogP contribution in [0.25, 0.3) is 0 Å². The van der Waals surface area contributed by atoms with E-state index in [9.17, 15) is 18.0 Å². The van der Waals surface area contributed by atoms with E-state index in [1.807, 2.05) is 19.1 Å². The third-order valence-electron chi connectivity index (χ3n) is 7.43. The monoisotopic (exact) mass is 508 g/mol. The van der Waals surface area contributed by atoms with Gasteiger partial charge in [0.05, 0.1) is 10.8 Å². The van der Waals surface area contributed by atoms with Gasteiger partial charge in [-0.05, 0) is 73.8 Å². The lowest BCUT2D eigenvalue weighted by molar-refractivity contribution is -0.133. The molecule has 2 aromatic carbocycles. The number of nitrogens with zero attached hydrogens (tertiary/aromatic N) is 1. The summed E-state index contributed by atoms with van der Waals surface area (Å²) in [6.45, 7) is 2.66. The van der Waals surface area contributed by atoms with Crippen molar-refractivity contribution in [3.63, 3.8) is 0 Å². The molecule has 0 bridgehead atoms. The van der Waals surface area contributed by atoms with Crippen molar-refractivity contribution >= 4 is 21.8 Å². The second-order valence-corrected chi connectivity index (χ2v) is 11.9. The largest absolute Gasteiger partial charge is 0.369 e. The Morgan fingerprint density at radius 3 is 2.61 bits per heavy atom. The van der Waals surface area contributed by atoms with Crippen LogP contribution < -0.4 is 16.4 Å². The van der Waals surface area contributed by atoms with Gasteiger partial charge in [0.1, 0.15) is 6.04 Å². The van der Waals surface area contributed by atoms with Crippen LogP contribution in [0.1, 0.15) is 53.9 Å². The molecule has 8 nitrogen and oxygen atoms in total. The first-order valence-corrected chi connectivity index (χ1v) is 13.9. The summed E-state index contributed by atoms with van der Waals surface area (Å²) in [5.41, 5.74) is 10.1. The van der Waals surface area contributed by atoms with Gasteiger partial charge < -0.3 is 16.4 Å². The Kier molecular flexibility index (Phi) is 6.61. The summed E-state index contributed by atoms with van der Waals surface area (Å²) in [5.74, 6) is -2.64. The molecule has 2 amide bonds. The van der Waals surface area contributed by atoms with Crippen LogP contribution in [0.4, 0.5) is 0 Å². The average molecular weight is 509 g/mol. The highest BCUT2D eigenvalue weighted by Crippen LogP contribution is 2.41. The van der Waals surface area contributed by atoms with Crippen molar-refractivity contribution in [2.24, 2.45) is 11.7 Å². The Balaban J connectivity index is 1.50. The minimum Gasteiger partial charge on any atom is -0.369 e. The van der Waals surface area contributed by atoms with Crippen molar-refractivity contribution in [3.8, 4) is 0 Å². The van der Waals surface area contributed by atoms with Crippen molar-refractivity contribution < 1.29 is 18.0 Å². The average Bonchev–Trinajstić information content (AvgIpc) is 3.68. The molecule has 2 aromatic rings. The van der Waals surface area contributed by atoms with E-state index in [2.05, 4.69) is 16.7 Å². The highest BCUT2D eigenvalue weighted by molar-refractivity contribution is 7.89. The van der Waals surface area contributed by atoms with Gasteiger partial charge in [0, 0.05) is 25.0 Å². The number of amides is 2. The number of primary amides is 1. The molecule has 4 N–H and O–H groups in total. The van der Waals surface area contributed by atoms with Gasteiger partial charge in [-0.2, -0.15) is 0 Å². The highest BCUT2D eigenvalue weighted by Gasteiger charge is 2.47. The molecule has 9 heteroatoms. The summed E-state index contributed by atoms with van der Waals surface area (Å²) < 4.78 is 28.3. The van der Waals surface area contributed by atoms with Crippen LogP contribution in [-0.2, 0) is 32.6 Å². The maximum absolute atomic E-state index is 13.6. The summed E-state index contributed by atoms with van der Waals surface area (Å²) in [7, 11) is -4.10. The molecule has 0 saturated heterocycles. The van der Waals surface area contributed by atoms with E-state index >= 15 is 0 Å². The number of carbonyl (C=O) groups excluding carboxylic acids is 2. The maximum Gasteiger partial charge on any atom is 0.264 e. The molecule has 0 radical (unpaired) electrons. The molecule has 1 aliphatic heterocycles. The van der Waals surface area contributed by atoms with Crippen LogP contribution in [0.5, 0.6) is 0 Å². The molecule has 3 atom stereocenters. The van der Waals surface area contributed by atoms with Crippen molar-refractivity contribution in [1.82, 2.24) is 14.9 Å². The summed E-state index contributed by atoms with van der Waals surface area (Å²) in [4.78, 5) is 26.2.